The van der Waals surface area contributed by atoms with Crippen molar-refractivity contribution in [1.82, 2.24) is 16.0 Å². The average Bonchev–Trinajstić information content (AvgIpc) is 3.54. The normalized spacial score (nSPS) is 16.2. The third-order valence-electron chi connectivity index (χ3n) is 5.78. The average molecular weight is 449 g/mol. The molecule has 172 valence electrons. The highest BCUT2D eigenvalue weighted by atomic mass is 16.2. The van der Waals surface area contributed by atoms with Crippen LogP contribution in [0.2, 0.25) is 0 Å². The van der Waals surface area contributed by atoms with Crippen molar-refractivity contribution in [2.75, 3.05) is 18.0 Å². The van der Waals surface area contributed by atoms with Crippen LogP contribution in [0.3, 0.4) is 0 Å². The van der Waals surface area contributed by atoms with Crippen molar-refractivity contribution in [3.05, 3.63) is 65.7 Å². The molecule has 2 aromatic carbocycles. The number of nitrogens with zero attached hydrogens (tertiary/aromatic N) is 1. The number of carbonyl (C=O) groups is 4. The third kappa shape index (κ3) is 6.19. The van der Waals surface area contributed by atoms with Crippen molar-refractivity contribution in [3.63, 3.8) is 0 Å². The van der Waals surface area contributed by atoms with Gasteiger partial charge in [-0.2, -0.15) is 0 Å². The summed E-state index contributed by atoms with van der Waals surface area (Å²) >= 11 is 0. The lowest BCUT2D eigenvalue weighted by molar-refractivity contribution is -0.128. The van der Waals surface area contributed by atoms with Gasteiger partial charge in [0, 0.05) is 36.7 Å². The van der Waals surface area contributed by atoms with Crippen molar-refractivity contribution in [1.29, 1.82) is 0 Å². The Bertz CT molecular complexity index is 1020. The zero-order valence-corrected chi connectivity index (χ0v) is 18.4. The van der Waals surface area contributed by atoms with E-state index >= 15 is 0 Å². The maximum absolute atomic E-state index is 12.6. The number of hydrogen-bond donors (Lipinski definition) is 3. The zero-order valence-electron chi connectivity index (χ0n) is 18.4. The molecular formula is C25H28N4O4. The van der Waals surface area contributed by atoms with Crippen LogP contribution in [0.5, 0.6) is 0 Å². The fourth-order valence-electron chi connectivity index (χ4n) is 3.81. The Morgan fingerprint density at radius 2 is 1.73 bits per heavy atom. The van der Waals surface area contributed by atoms with E-state index in [4.69, 9.17) is 0 Å². The number of hydrogen-bond acceptors (Lipinski definition) is 4. The minimum Gasteiger partial charge on any atom is -0.352 e. The first-order chi connectivity index (χ1) is 16.0. The lowest BCUT2D eigenvalue weighted by Crippen LogP contribution is -2.51. The fourth-order valence-corrected chi connectivity index (χ4v) is 3.81. The quantitative estimate of drug-likeness (QED) is 0.541. The third-order valence-corrected chi connectivity index (χ3v) is 5.78. The van der Waals surface area contributed by atoms with E-state index in [0.717, 1.165) is 30.5 Å². The molecule has 1 saturated carbocycles. The second-order valence-electron chi connectivity index (χ2n) is 8.47. The molecular weight excluding hydrogens is 420 g/mol. The van der Waals surface area contributed by atoms with E-state index in [9.17, 15) is 19.2 Å². The minimum atomic E-state index is -0.713. The van der Waals surface area contributed by atoms with Crippen LogP contribution in [0.1, 0.15) is 41.6 Å². The van der Waals surface area contributed by atoms with Gasteiger partial charge in [0.15, 0.2) is 0 Å². The second-order valence-corrected chi connectivity index (χ2v) is 8.47. The first-order valence-corrected chi connectivity index (χ1v) is 11.3. The van der Waals surface area contributed by atoms with E-state index < -0.39 is 17.9 Å². The van der Waals surface area contributed by atoms with Crippen molar-refractivity contribution in [3.8, 4) is 0 Å². The van der Waals surface area contributed by atoms with Crippen molar-refractivity contribution in [2.45, 2.75) is 44.2 Å². The van der Waals surface area contributed by atoms with E-state index in [-0.39, 0.29) is 24.4 Å². The molecule has 2 fully saturated rings. The first kappa shape index (κ1) is 22.5. The lowest BCUT2D eigenvalue weighted by atomic mass is 10.1. The van der Waals surface area contributed by atoms with Gasteiger partial charge in [0.25, 0.3) is 5.91 Å². The van der Waals surface area contributed by atoms with Crippen LogP contribution in [0.25, 0.3) is 0 Å². The highest BCUT2D eigenvalue weighted by molar-refractivity contribution is 5.99. The lowest BCUT2D eigenvalue weighted by Gasteiger charge is -2.19. The Kier molecular flexibility index (Phi) is 7.02. The van der Waals surface area contributed by atoms with Gasteiger partial charge in [-0.15, -0.1) is 0 Å². The van der Waals surface area contributed by atoms with Crippen LogP contribution < -0.4 is 20.9 Å². The number of benzene rings is 2. The maximum atomic E-state index is 12.6. The van der Waals surface area contributed by atoms with Crippen LogP contribution in [-0.4, -0.2) is 48.8 Å². The molecule has 0 radical (unpaired) electrons. The van der Waals surface area contributed by atoms with Gasteiger partial charge in [-0.05, 0) is 49.1 Å². The Balaban J connectivity index is 1.30. The van der Waals surface area contributed by atoms with Gasteiger partial charge in [0.1, 0.15) is 6.04 Å². The molecule has 2 aromatic rings. The molecule has 8 heteroatoms. The molecule has 1 unspecified atom stereocenters. The monoisotopic (exact) mass is 448 g/mol. The molecule has 33 heavy (non-hydrogen) atoms. The highest BCUT2D eigenvalue weighted by Crippen LogP contribution is 2.21. The number of nitrogens with one attached hydrogen (secondary N) is 3. The first-order valence-electron chi connectivity index (χ1n) is 11.3. The highest BCUT2D eigenvalue weighted by Gasteiger charge is 2.28. The molecule has 4 amide bonds. The predicted octanol–water partition coefficient (Wildman–Crippen LogP) is 1.55. The zero-order chi connectivity index (χ0) is 23.2. The van der Waals surface area contributed by atoms with Gasteiger partial charge in [-0.1, -0.05) is 30.3 Å². The summed E-state index contributed by atoms with van der Waals surface area (Å²) in [4.78, 5) is 51.1. The Morgan fingerprint density at radius 1 is 1.00 bits per heavy atom. The summed E-state index contributed by atoms with van der Waals surface area (Å²) in [6.07, 6.45) is 3.66. The summed E-state index contributed by atoms with van der Waals surface area (Å²) in [6, 6.07) is 15.7. The molecule has 0 bridgehead atoms. The largest absolute Gasteiger partial charge is 0.352 e. The molecule has 2 aliphatic rings. The SMILES string of the molecule is O=C(CNC(=O)c1ccc(N2CCCC2=O)cc1)NC(Cc1ccccc1)C(=O)NC1CC1. The molecule has 0 aromatic heterocycles. The summed E-state index contributed by atoms with van der Waals surface area (Å²) in [5.41, 5.74) is 2.09. The molecule has 4 rings (SSSR count). The molecule has 1 saturated heterocycles. The fraction of sp³-hybridized carbons (Fsp3) is 0.360. The number of carbonyl (C=O) groups excluding carboxylic acids is 4. The number of rotatable bonds is 9. The van der Waals surface area contributed by atoms with Crippen LogP contribution in [-0.2, 0) is 20.8 Å². The second kappa shape index (κ2) is 10.3. The van der Waals surface area contributed by atoms with E-state index in [1.54, 1.807) is 29.2 Å². The Labute approximate surface area is 192 Å². The Hall–Kier alpha value is -3.68. The van der Waals surface area contributed by atoms with Gasteiger partial charge in [0.05, 0.1) is 6.54 Å². The Morgan fingerprint density at radius 3 is 2.36 bits per heavy atom. The van der Waals surface area contributed by atoms with Crippen molar-refractivity contribution >= 4 is 29.3 Å². The molecule has 1 aliphatic heterocycles. The number of amides is 4. The van der Waals surface area contributed by atoms with E-state index in [0.29, 0.717) is 24.9 Å². The molecule has 1 atom stereocenters. The summed E-state index contributed by atoms with van der Waals surface area (Å²) < 4.78 is 0. The molecule has 0 spiro atoms. The molecule has 3 N–H and O–H groups in total. The minimum absolute atomic E-state index is 0.0830. The van der Waals surface area contributed by atoms with Crippen molar-refractivity contribution < 1.29 is 19.2 Å². The summed E-state index contributed by atoms with van der Waals surface area (Å²) in [7, 11) is 0. The van der Waals surface area contributed by atoms with Crippen molar-refractivity contribution in [2.24, 2.45) is 0 Å². The van der Waals surface area contributed by atoms with Crippen LogP contribution >= 0.6 is 0 Å². The van der Waals surface area contributed by atoms with Gasteiger partial charge in [-0.3, -0.25) is 19.2 Å². The standard InChI is InChI=1S/C25H28N4O4/c30-22(28-21(25(33)27-19-10-11-19)15-17-5-2-1-3-6-17)16-26-24(32)18-8-12-20(13-9-18)29-14-4-7-23(29)31/h1-3,5-6,8-9,12-13,19,21H,4,7,10-11,14-16H2,(H,26,32)(H,27,33)(H,28,30). The summed E-state index contributed by atoms with van der Waals surface area (Å²) in [5.74, 6) is -0.964. The molecule has 8 nitrogen and oxygen atoms in total. The summed E-state index contributed by atoms with van der Waals surface area (Å²) in [5, 5.41) is 8.27. The molecule has 1 heterocycles. The van der Waals surface area contributed by atoms with Crippen LogP contribution in [0.4, 0.5) is 5.69 Å². The predicted molar refractivity (Wildman–Crippen MR) is 124 cm³/mol. The number of anilines is 1. The van der Waals surface area contributed by atoms with E-state index in [1.807, 2.05) is 30.3 Å². The van der Waals surface area contributed by atoms with E-state index in [2.05, 4.69) is 16.0 Å². The molecule has 1 aliphatic carbocycles. The van der Waals surface area contributed by atoms with Gasteiger partial charge < -0.3 is 20.9 Å². The van der Waals surface area contributed by atoms with Gasteiger partial charge in [-0.25, -0.2) is 0 Å². The maximum Gasteiger partial charge on any atom is 0.251 e. The topological polar surface area (TPSA) is 108 Å². The van der Waals surface area contributed by atoms with Crippen LogP contribution in [0.15, 0.2) is 54.6 Å². The summed E-state index contributed by atoms with van der Waals surface area (Å²) in [6.45, 7) is 0.441. The van der Waals surface area contributed by atoms with Gasteiger partial charge in [0.2, 0.25) is 17.7 Å². The van der Waals surface area contributed by atoms with Gasteiger partial charge >= 0.3 is 0 Å². The van der Waals surface area contributed by atoms with E-state index in [1.165, 1.54) is 0 Å². The van der Waals surface area contributed by atoms with Crippen LogP contribution in [0, 0.1) is 0 Å². The smallest absolute Gasteiger partial charge is 0.251 e.